The third-order valence-electron chi connectivity index (χ3n) is 4.93. The predicted octanol–water partition coefficient (Wildman–Crippen LogP) is 1.95. The van der Waals surface area contributed by atoms with Crippen molar-refractivity contribution in [3.8, 4) is 0 Å². The molecule has 0 spiro atoms. The van der Waals surface area contributed by atoms with Crippen LogP contribution < -0.4 is 10.5 Å². The van der Waals surface area contributed by atoms with E-state index in [1.807, 2.05) is 6.92 Å². The highest BCUT2D eigenvalue weighted by Gasteiger charge is 2.42. The van der Waals surface area contributed by atoms with E-state index >= 15 is 0 Å². The van der Waals surface area contributed by atoms with Crippen molar-refractivity contribution in [2.45, 2.75) is 42.9 Å². The zero-order chi connectivity index (χ0) is 15.2. The van der Waals surface area contributed by atoms with Gasteiger partial charge in [0.2, 0.25) is 10.0 Å². The third-order valence-corrected chi connectivity index (χ3v) is 7.36. The third kappa shape index (κ3) is 2.86. The number of primary sulfonamides is 1. The number of nitrogens with one attached hydrogen (secondary N) is 1. The number of thiophene rings is 1. The molecule has 1 heterocycles. The molecule has 7 heteroatoms. The van der Waals surface area contributed by atoms with Crippen LogP contribution in [0.5, 0.6) is 0 Å². The van der Waals surface area contributed by atoms with Crippen LogP contribution in [-0.2, 0) is 10.0 Å². The number of rotatable bonds is 4. The molecule has 116 valence electrons. The highest BCUT2D eigenvalue weighted by Crippen LogP contribution is 2.49. The minimum atomic E-state index is -3.84. The fraction of sp³-hybridized carbons (Fsp3) is 0.643. The van der Waals surface area contributed by atoms with Crippen LogP contribution in [0.25, 0.3) is 0 Å². The maximum atomic E-state index is 12.3. The van der Waals surface area contributed by atoms with Gasteiger partial charge >= 0.3 is 0 Å². The van der Waals surface area contributed by atoms with Crippen LogP contribution in [-0.4, -0.2) is 20.4 Å². The van der Waals surface area contributed by atoms with E-state index in [1.54, 1.807) is 5.38 Å². The molecule has 2 bridgehead atoms. The number of amides is 1. The van der Waals surface area contributed by atoms with Crippen molar-refractivity contribution in [3.63, 3.8) is 0 Å². The zero-order valence-electron chi connectivity index (χ0n) is 11.9. The summed E-state index contributed by atoms with van der Waals surface area (Å²) in [7, 11) is -3.84. The first-order valence-corrected chi connectivity index (χ1v) is 9.70. The molecule has 0 saturated heterocycles. The number of carbonyl (C=O) groups excluding carboxylic acids is 1. The van der Waals surface area contributed by atoms with Crippen molar-refractivity contribution >= 4 is 27.3 Å². The molecule has 2 fully saturated rings. The van der Waals surface area contributed by atoms with Gasteiger partial charge in [-0.25, -0.2) is 13.6 Å². The highest BCUT2D eigenvalue weighted by atomic mass is 32.2. The number of nitrogens with two attached hydrogens (primary N) is 1. The van der Waals surface area contributed by atoms with Gasteiger partial charge in [-0.15, -0.1) is 11.3 Å². The maximum absolute atomic E-state index is 12.3. The van der Waals surface area contributed by atoms with Crippen molar-refractivity contribution in [1.29, 1.82) is 0 Å². The molecule has 5 nitrogen and oxygen atoms in total. The van der Waals surface area contributed by atoms with Gasteiger partial charge in [-0.2, -0.15) is 0 Å². The Bertz CT molecular complexity index is 653. The topological polar surface area (TPSA) is 89.3 Å². The van der Waals surface area contributed by atoms with Crippen molar-refractivity contribution < 1.29 is 13.2 Å². The molecule has 1 amide bonds. The summed E-state index contributed by atoms with van der Waals surface area (Å²) in [6.07, 6.45) is 5.04. The van der Waals surface area contributed by atoms with Gasteiger partial charge in [-0.3, -0.25) is 4.79 Å². The Morgan fingerprint density at radius 1 is 1.43 bits per heavy atom. The first-order chi connectivity index (χ1) is 9.86. The van der Waals surface area contributed by atoms with Crippen LogP contribution >= 0.6 is 11.3 Å². The van der Waals surface area contributed by atoms with Crippen molar-refractivity contribution in [2.24, 2.45) is 22.9 Å². The molecule has 4 atom stereocenters. The van der Waals surface area contributed by atoms with E-state index in [4.69, 9.17) is 5.14 Å². The summed E-state index contributed by atoms with van der Waals surface area (Å²) in [5.41, 5.74) is 0.164. The summed E-state index contributed by atoms with van der Waals surface area (Å²) >= 11 is 0.982. The van der Waals surface area contributed by atoms with E-state index in [0.717, 1.165) is 17.3 Å². The lowest BCUT2D eigenvalue weighted by molar-refractivity contribution is 0.0913. The van der Waals surface area contributed by atoms with Gasteiger partial charge in [-0.1, -0.05) is 6.42 Å². The average Bonchev–Trinajstić information content (AvgIpc) is 3.12. The Morgan fingerprint density at radius 3 is 2.76 bits per heavy atom. The molecule has 0 radical (unpaired) electrons. The molecule has 3 rings (SSSR count). The summed E-state index contributed by atoms with van der Waals surface area (Å²) < 4.78 is 22.9. The molecule has 4 unspecified atom stereocenters. The van der Waals surface area contributed by atoms with Gasteiger partial charge in [0.1, 0.15) is 4.21 Å². The van der Waals surface area contributed by atoms with Gasteiger partial charge in [-0.05, 0) is 55.4 Å². The minimum absolute atomic E-state index is 0.0554. The summed E-state index contributed by atoms with van der Waals surface area (Å²) in [5, 5.41) is 9.69. The second-order valence-corrected chi connectivity index (χ2v) is 8.94. The second kappa shape index (κ2) is 5.37. The number of fused-ring (bicyclic) bond motifs is 2. The van der Waals surface area contributed by atoms with Gasteiger partial charge < -0.3 is 5.32 Å². The number of carbonyl (C=O) groups is 1. The summed E-state index contributed by atoms with van der Waals surface area (Å²) in [6.45, 7) is 2.02. The maximum Gasteiger partial charge on any atom is 0.253 e. The Hall–Kier alpha value is -0.920. The predicted molar refractivity (Wildman–Crippen MR) is 81.6 cm³/mol. The molecule has 2 aliphatic rings. The highest BCUT2D eigenvalue weighted by molar-refractivity contribution is 7.91. The van der Waals surface area contributed by atoms with Crippen molar-refractivity contribution in [2.75, 3.05) is 0 Å². The molecule has 0 aromatic carbocycles. The molecule has 1 aromatic heterocycles. The molecule has 2 saturated carbocycles. The van der Waals surface area contributed by atoms with Gasteiger partial charge in [0.25, 0.3) is 5.91 Å². The Kier molecular flexibility index (Phi) is 3.83. The molecule has 1 aromatic rings. The normalized spacial score (nSPS) is 29.5. The second-order valence-electron chi connectivity index (χ2n) is 6.27. The average molecular weight is 328 g/mol. The van der Waals surface area contributed by atoms with E-state index in [9.17, 15) is 13.2 Å². The largest absolute Gasteiger partial charge is 0.349 e. The Morgan fingerprint density at radius 2 is 2.19 bits per heavy atom. The number of hydrogen-bond donors (Lipinski definition) is 2. The van der Waals surface area contributed by atoms with Crippen LogP contribution in [0.2, 0.25) is 0 Å². The van der Waals surface area contributed by atoms with Gasteiger partial charge in [0.05, 0.1) is 5.56 Å². The first kappa shape index (κ1) is 15.0. The Balaban J connectivity index is 1.71. The molecular weight excluding hydrogens is 308 g/mol. The molecule has 2 aliphatic carbocycles. The van der Waals surface area contributed by atoms with Gasteiger partial charge in [0, 0.05) is 6.04 Å². The van der Waals surface area contributed by atoms with E-state index in [2.05, 4.69) is 5.32 Å². The first-order valence-electron chi connectivity index (χ1n) is 7.27. The smallest absolute Gasteiger partial charge is 0.253 e. The summed E-state index contributed by atoms with van der Waals surface area (Å²) in [5.74, 6) is 1.71. The van der Waals surface area contributed by atoms with E-state index in [-0.39, 0.29) is 21.7 Å². The molecular formula is C14H20N2O3S2. The van der Waals surface area contributed by atoms with Crippen LogP contribution in [0.4, 0.5) is 0 Å². The lowest BCUT2D eigenvalue weighted by atomic mass is 9.84. The van der Waals surface area contributed by atoms with E-state index < -0.39 is 10.0 Å². The van der Waals surface area contributed by atoms with E-state index in [1.165, 1.54) is 31.7 Å². The molecule has 3 N–H and O–H groups in total. The standard InChI is InChI=1S/C14H20N2O3S2/c1-8(12-7-9-2-3-10(12)6-9)16-13(17)11-4-5-20-14(11)21(15,18)19/h4-5,8-10,12H,2-3,6-7H2,1H3,(H,16,17)(H2,15,18,19). The lowest BCUT2D eigenvalue weighted by Crippen LogP contribution is -2.40. The zero-order valence-corrected chi connectivity index (χ0v) is 13.5. The summed E-state index contributed by atoms with van der Waals surface area (Å²) in [6, 6.07) is 1.59. The van der Waals surface area contributed by atoms with Crippen molar-refractivity contribution in [3.05, 3.63) is 17.0 Å². The monoisotopic (exact) mass is 328 g/mol. The van der Waals surface area contributed by atoms with Crippen LogP contribution in [0.1, 0.15) is 43.0 Å². The summed E-state index contributed by atoms with van der Waals surface area (Å²) in [4.78, 5) is 12.3. The quantitative estimate of drug-likeness (QED) is 0.885. The molecule has 0 aliphatic heterocycles. The van der Waals surface area contributed by atoms with Crippen LogP contribution in [0, 0.1) is 17.8 Å². The Labute approximate surface area is 129 Å². The number of hydrogen-bond acceptors (Lipinski definition) is 4. The minimum Gasteiger partial charge on any atom is -0.349 e. The fourth-order valence-corrected chi connectivity index (χ4v) is 5.77. The fourth-order valence-electron chi connectivity index (χ4n) is 3.98. The van der Waals surface area contributed by atoms with Crippen LogP contribution in [0.3, 0.4) is 0 Å². The van der Waals surface area contributed by atoms with Gasteiger partial charge in [0.15, 0.2) is 0 Å². The number of sulfonamides is 1. The molecule has 21 heavy (non-hydrogen) atoms. The van der Waals surface area contributed by atoms with Crippen molar-refractivity contribution in [1.82, 2.24) is 5.32 Å². The lowest BCUT2D eigenvalue weighted by Gasteiger charge is -2.28. The van der Waals surface area contributed by atoms with Crippen LogP contribution in [0.15, 0.2) is 15.7 Å². The SMILES string of the molecule is CC(NC(=O)c1ccsc1S(N)(=O)=O)C1CC2CCC1C2. The van der Waals surface area contributed by atoms with E-state index in [0.29, 0.717) is 11.8 Å².